The van der Waals surface area contributed by atoms with E-state index in [1.807, 2.05) is 0 Å². The van der Waals surface area contributed by atoms with Crippen molar-refractivity contribution in [3.8, 4) is 0 Å². The van der Waals surface area contributed by atoms with Crippen LogP contribution in [0, 0.1) is 3.57 Å². The van der Waals surface area contributed by atoms with Crippen LogP contribution in [0.15, 0.2) is 6.20 Å². The van der Waals surface area contributed by atoms with Crippen LogP contribution < -0.4 is 0 Å². The summed E-state index contributed by atoms with van der Waals surface area (Å²) in [5.74, 6) is 0.780. The molecule has 0 aromatic carbocycles. The molecule has 1 atom stereocenters. The molecule has 2 heterocycles. The van der Waals surface area contributed by atoms with E-state index in [9.17, 15) is 0 Å². The molecule has 0 aliphatic carbocycles. The van der Waals surface area contributed by atoms with E-state index in [-0.39, 0.29) is 6.10 Å². The zero-order valence-electron chi connectivity index (χ0n) is 7.54. The Balaban J connectivity index is 2.05. The van der Waals surface area contributed by atoms with Gasteiger partial charge in [-0.15, -0.1) is 0 Å². The summed E-state index contributed by atoms with van der Waals surface area (Å²) in [5, 5.41) is 0.536. The largest absolute Gasteiger partial charge is 0.378 e. The lowest BCUT2D eigenvalue weighted by Crippen LogP contribution is -2.11. The summed E-state index contributed by atoms with van der Waals surface area (Å²) in [6.07, 6.45) is 5.05. The summed E-state index contributed by atoms with van der Waals surface area (Å²) in [6.45, 7) is 0.864. The average Bonchev–Trinajstić information content (AvgIpc) is 2.64. The third-order valence-electron chi connectivity index (χ3n) is 2.19. The van der Waals surface area contributed by atoms with Crippen LogP contribution in [-0.2, 0) is 11.2 Å². The Morgan fingerprint density at radius 3 is 3.14 bits per heavy atom. The van der Waals surface area contributed by atoms with E-state index in [2.05, 4.69) is 32.6 Å². The SMILES string of the molecule is Clc1nc(CC2CCCO2)ncc1I. The maximum absolute atomic E-state index is 5.90. The van der Waals surface area contributed by atoms with Gasteiger partial charge in [0.25, 0.3) is 0 Å². The Bertz CT molecular complexity index is 329. The van der Waals surface area contributed by atoms with Gasteiger partial charge in [0.05, 0.1) is 9.67 Å². The lowest BCUT2D eigenvalue weighted by Gasteiger charge is -2.07. The van der Waals surface area contributed by atoms with Crippen LogP contribution >= 0.6 is 34.2 Å². The lowest BCUT2D eigenvalue weighted by atomic mass is 10.2. The summed E-state index contributed by atoms with van der Waals surface area (Å²) >= 11 is 8.02. The van der Waals surface area contributed by atoms with Gasteiger partial charge in [-0.3, -0.25) is 0 Å². The first-order valence-electron chi connectivity index (χ1n) is 4.54. The average molecular weight is 325 g/mol. The summed E-state index contributed by atoms with van der Waals surface area (Å²) in [7, 11) is 0. The molecule has 1 fully saturated rings. The molecule has 0 spiro atoms. The van der Waals surface area contributed by atoms with E-state index in [1.165, 1.54) is 0 Å². The Labute approximate surface area is 101 Å². The summed E-state index contributed by atoms with van der Waals surface area (Å²) < 4.78 is 6.39. The third-order valence-corrected chi connectivity index (χ3v) is 3.58. The van der Waals surface area contributed by atoms with Gasteiger partial charge in [0.2, 0.25) is 0 Å². The molecule has 14 heavy (non-hydrogen) atoms. The zero-order valence-corrected chi connectivity index (χ0v) is 10.5. The summed E-state index contributed by atoms with van der Waals surface area (Å²) in [6, 6.07) is 0. The van der Waals surface area contributed by atoms with Crippen molar-refractivity contribution in [1.82, 2.24) is 9.97 Å². The predicted octanol–water partition coefficient (Wildman–Crippen LogP) is 2.46. The Morgan fingerprint density at radius 1 is 1.64 bits per heavy atom. The number of halogens is 2. The van der Waals surface area contributed by atoms with E-state index < -0.39 is 0 Å². The molecule has 0 N–H and O–H groups in total. The zero-order chi connectivity index (χ0) is 9.97. The van der Waals surface area contributed by atoms with Gasteiger partial charge in [0.1, 0.15) is 11.0 Å². The molecule has 0 saturated carbocycles. The van der Waals surface area contributed by atoms with E-state index >= 15 is 0 Å². The van der Waals surface area contributed by atoms with Crippen LogP contribution in [0.1, 0.15) is 18.7 Å². The summed E-state index contributed by atoms with van der Waals surface area (Å²) in [4.78, 5) is 8.42. The predicted molar refractivity (Wildman–Crippen MR) is 62.4 cm³/mol. The highest BCUT2D eigenvalue weighted by Crippen LogP contribution is 2.18. The lowest BCUT2D eigenvalue weighted by molar-refractivity contribution is 0.110. The molecule has 5 heteroatoms. The Kier molecular flexibility index (Phi) is 3.57. The van der Waals surface area contributed by atoms with Crippen LogP contribution in [0.2, 0.25) is 5.15 Å². The van der Waals surface area contributed by atoms with Crippen molar-refractivity contribution < 1.29 is 4.74 Å². The maximum atomic E-state index is 5.90. The van der Waals surface area contributed by atoms with E-state index in [1.54, 1.807) is 6.20 Å². The van der Waals surface area contributed by atoms with Crippen LogP contribution in [0.5, 0.6) is 0 Å². The fraction of sp³-hybridized carbons (Fsp3) is 0.556. The summed E-state index contributed by atoms with van der Waals surface area (Å²) in [5.41, 5.74) is 0. The topological polar surface area (TPSA) is 35.0 Å². The smallest absolute Gasteiger partial charge is 0.146 e. The fourth-order valence-corrected chi connectivity index (χ4v) is 1.89. The van der Waals surface area contributed by atoms with Crippen molar-refractivity contribution in [2.45, 2.75) is 25.4 Å². The minimum absolute atomic E-state index is 0.283. The highest BCUT2D eigenvalue weighted by atomic mass is 127. The number of ether oxygens (including phenoxy) is 1. The molecule has 1 aliphatic rings. The van der Waals surface area contributed by atoms with Crippen LogP contribution in [0.3, 0.4) is 0 Å². The molecule has 3 nitrogen and oxygen atoms in total. The quantitative estimate of drug-likeness (QED) is 0.619. The molecule has 1 aliphatic heterocycles. The van der Waals surface area contributed by atoms with Crippen molar-refractivity contribution in [3.05, 3.63) is 20.7 Å². The van der Waals surface area contributed by atoms with Gasteiger partial charge in [-0.2, -0.15) is 0 Å². The van der Waals surface area contributed by atoms with Gasteiger partial charge >= 0.3 is 0 Å². The minimum Gasteiger partial charge on any atom is -0.378 e. The fourth-order valence-electron chi connectivity index (χ4n) is 1.49. The molecule has 0 bridgehead atoms. The minimum atomic E-state index is 0.283. The van der Waals surface area contributed by atoms with Gasteiger partial charge in [-0.1, -0.05) is 11.6 Å². The molecule has 1 aromatic heterocycles. The van der Waals surface area contributed by atoms with Gasteiger partial charge < -0.3 is 4.74 Å². The Morgan fingerprint density at radius 2 is 2.50 bits per heavy atom. The van der Waals surface area contributed by atoms with Gasteiger partial charge in [-0.25, -0.2) is 9.97 Å². The molecular formula is C9H10ClIN2O. The molecule has 1 unspecified atom stereocenters. The van der Waals surface area contributed by atoms with Crippen molar-refractivity contribution in [3.63, 3.8) is 0 Å². The number of hydrogen-bond acceptors (Lipinski definition) is 3. The van der Waals surface area contributed by atoms with Crippen molar-refractivity contribution in [1.29, 1.82) is 0 Å². The van der Waals surface area contributed by atoms with Crippen LogP contribution in [0.4, 0.5) is 0 Å². The standard InChI is InChI=1S/C9H10ClIN2O/c10-9-7(11)5-12-8(13-9)4-6-2-1-3-14-6/h5-6H,1-4H2. The third kappa shape index (κ3) is 2.55. The first kappa shape index (κ1) is 10.6. The second kappa shape index (κ2) is 4.72. The number of nitrogens with zero attached hydrogens (tertiary/aromatic N) is 2. The van der Waals surface area contributed by atoms with Gasteiger partial charge in [0.15, 0.2) is 0 Å². The second-order valence-electron chi connectivity index (χ2n) is 3.26. The van der Waals surface area contributed by atoms with Crippen LogP contribution in [-0.4, -0.2) is 22.7 Å². The second-order valence-corrected chi connectivity index (χ2v) is 4.78. The number of rotatable bonds is 2. The first-order valence-corrected chi connectivity index (χ1v) is 6.00. The molecule has 76 valence electrons. The van der Waals surface area contributed by atoms with Crippen molar-refractivity contribution in [2.75, 3.05) is 6.61 Å². The highest BCUT2D eigenvalue weighted by Gasteiger charge is 2.17. The molecule has 0 radical (unpaired) electrons. The maximum Gasteiger partial charge on any atom is 0.146 e. The molecule has 1 saturated heterocycles. The first-order chi connectivity index (χ1) is 6.75. The molecule has 0 amide bonds. The molecule has 2 rings (SSSR count). The van der Waals surface area contributed by atoms with E-state index in [0.717, 1.165) is 35.3 Å². The van der Waals surface area contributed by atoms with Gasteiger partial charge in [-0.05, 0) is 35.4 Å². The molecule has 1 aromatic rings. The van der Waals surface area contributed by atoms with E-state index in [4.69, 9.17) is 16.3 Å². The van der Waals surface area contributed by atoms with Crippen molar-refractivity contribution >= 4 is 34.2 Å². The van der Waals surface area contributed by atoms with Crippen molar-refractivity contribution in [2.24, 2.45) is 0 Å². The van der Waals surface area contributed by atoms with Gasteiger partial charge in [0, 0.05) is 19.2 Å². The normalized spacial score (nSPS) is 21.4. The number of hydrogen-bond donors (Lipinski definition) is 0. The number of aromatic nitrogens is 2. The molecular weight excluding hydrogens is 314 g/mol. The van der Waals surface area contributed by atoms with Crippen LogP contribution in [0.25, 0.3) is 0 Å². The monoisotopic (exact) mass is 324 g/mol. The van der Waals surface area contributed by atoms with E-state index in [0.29, 0.717) is 5.15 Å². The highest BCUT2D eigenvalue weighted by molar-refractivity contribution is 14.1. The Hall–Kier alpha value is 0.0600.